The molecule has 1 fully saturated rings. The van der Waals surface area contributed by atoms with Gasteiger partial charge in [0.1, 0.15) is 17.6 Å². The minimum atomic E-state index is -0.853. The van der Waals surface area contributed by atoms with Crippen molar-refractivity contribution in [2.75, 3.05) is 27.2 Å². The predicted molar refractivity (Wildman–Crippen MR) is 73.6 cm³/mol. The summed E-state index contributed by atoms with van der Waals surface area (Å²) in [5.74, 6) is 0. The van der Waals surface area contributed by atoms with Gasteiger partial charge in [-0.3, -0.25) is 4.99 Å². The Hall–Kier alpha value is -0.340. The van der Waals surface area contributed by atoms with E-state index in [9.17, 15) is 10.2 Å². The van der Waals surface area contributed by atoms with Gasteiger partial charge >= 0.3 is 0 Å². The van der Waals surface area contributed by atoms with Crippen LogP contribution in [0.25, 0.3) is 0 Å². The molecule has 1 aliphatic rings. The Bertz CT molecular complexity index is 289. The first kappa shape index (κ1) is 15.7. The second-order valence-corrected chi connectivity index (χ2v) is 5.77. The molecule has 0 spiro atoms. The third-order valence-corrected chi connectivity index (χ3v) is 3.58. The number of hydrogen-bond donors (Lipinski definition) is 3. The van der Waals surface area contributed by atoms with Crippen LogP contribution in [0.15, 0.2) is 4.99 Å². The fourth-order valence-corrected chi connectivity index (χ4v) is 2.79. The normalized spacial score (nSPS) is 34.0. The first-order chi connectivity index (χ1) is 8.43. The van der Waals surface area contributed by atoms with Crippen LogP contribution in [0.4, 0.5) is 0 Å². The Balaban J connectivity index is 2.59. The van der Waals surface area contributed by atoms with Crippen LogP contribution in [0.2, 0.25) is 0 Å². The van der Waals surface area contributed by atoms with Crippen LogP contribution >= 0.6 is 11.8 Å². The van der Waals surface area contributed by atoms with Gasteiger partial charge in [-0.15, -0.1) is 0 Å². The highest BCUT2D eigenvalue weighted by atomic mass is 32.2. The van der Waals surface area contributed by atoms with Gasteiger partial charge in [-0.1, -0.05) is 11.8 Å². The molecule has 1 rings (SSSR count). The van der Waals surface area contributed by atoms with Crippen LogP contribution < -0.4 is 5.73 Å². The average molecular weight is 277 g/mol. The summed E-state index contributed by atoms with van der Waals surface area (Å²) in [5.41, 5.74) is 5.46. The summed E-state index contributed by atoms with van der Waals surface area (Å²) in [5, 5.41) is 20.2. The van der Waals surface area contributed by atoms with E-state index in [0.29, 0.717) is 24.7 Å². The number of nitrogens with two attached hydrogens (primary N) is 1. The largest absolute Gasteiger partial charge is 0.390 e. The molecule has 0 radical (unpaired) electrons. The molecule has 0 aromatic rings. The lowest BCUT2D eigenvalue weighted by atomic mass is 10.0. The molecular weight excluding hydrogens is 254 g/mol. The fraction of sp³-hybridized carbons (Fsp3) is 0.909. The van der Waals surface area contributed by atoms with Crippen molar-refractivity contribution >= 4 is 16.9 Å². The smallest absolute Gasteiger partial charge is 0.156 e. The number of nitrogens with zero attached hydrogens (tertiary/aromatic N) is 2. The molecule has 1 aliphatic heterocycles. The Kier molecular flexibility index (Phi) is 6.37. The Morgan fingerprint density at radius 3 is 2.72 bits per heavy atom. The van der Waals surface area contributed by atoms with E-state index in [2.05, 4.69) is 4.99 Å². The molecule has 106 valence electrons. The molecule has 0 saturated carbocycles. The van der Waals surface area contributed by atoms with E-state index in [1.165, 1.54) is 11.8 Å². The van der Waals surface area contributed by atoms with Crippen LogP contribution in [-0.2, 0) is 4.74 Å². The first-order valence-electron chi connectivity index (χ1n) is 6.07. The maximum atomic E-state index is 9.87. The van der Waals surface area contributed by atoms with E-state index in [-0.39, 0.29) is 5.44 Å². The minimum absolute atomic E-state index is 0.261. The Morgan fingerprint density at radius 1 is 1.50 bits per heavy atom. The second kappa shape index (κ2) is 7.30. The second-order valence-electron chi connectivity index (χ2n) is 4.59. The summed E-state index contributed by atoms with van der Waals surface area (Å²) in [4.78, 5) is 5.99. The quantitative estimate of drug-likeness (QED) is 0.472. The summed E-state index contributed by atoms with van der Waals surface area (Å²) in [7, 11) is 3.79. The molecule has 1 saturated heterocycles. The third-order valence-electron chi connectivity index (χ3n) is 2.65. The minimum Gasteiger partial charge on any atom is -0.390 e. The number of likely N-dealkylation sites (N-methyl/N-ethyl adjacent to an activating group) is 1. The van der Waals surface area contributed by atoms with Crippen molar-refractivity contribution in [2.24, 2.45) is 10.7 Å². The maximum Gasteiger partial charge on any atom is 0.156 e. The molecular formula is C11H23N3O3S. The lowest BCUT2D eigenvalue weighted by molar-refractivity contribution is -0.148. The maximum absolute atomic E-state index is 9.87. The molecule has 0 bridgehead atoms. The number of amidine groups is 1. The Labute approximate surface area is 112 Å². The van der Waals surface area contributed by atoms with Crippen molar-refractivity contribution in [1.82, 2.24) is 4.90 Å². The van der Waals surface area contributed by atoms with Crippen molar-refractivity contribution in [3.8, 4) is 0 Å². The zero-order chi connectivity index (χ0) is 13.7. The summed E-state index contributed by atoms with van der Waals surface area (Å²) in [6.07, 6.45) is -1.68. The van der Waals surface area contributed by atoms with Crippen LogP contribution in [0, 0.1) is 0 Å². The summed E-state index contributed by atoms with van der Waals surface area (Å²) in [6.45, 7) is 3.08. The van der Waals surface area contributed by atoms with Gasteiger partial charge < -0.3 is 25.6 Å². The molecule has 4 atom stereocenters. The molecule has 6 nitrogen and oxygen atoms in total. The van der Waals surface area contributed by atoms with Crippen LogP contribution in [0.1, 0.15) is 13.3 Å². The molecule has 0 aliphatic carbocycles. The number of rotatable bonds is 4. The zero-order valence-electron chi connectivity index (χ0n) is 11.1. The number of ether oxygens (including phenoxy) is 1. The van der Waals surface area contributed by atoms with Crippen molar-refractivity contribution < 1.29 is 14.9 Å². The molecule has 0 amide bonds. The molecule has 7 heteroatoms. The molecule has 0 aromatic carbocycles. The first-order valence-corrected chi connectivity index (χ1v) is 6.94. The van der Waals surface area contributed by atoms with Gasteiger partial charge in [-0.05, 0) is 21.0 Å². The highest BCUT2D eigenvalue weighted by Gasteiger charge is 2.37. The van der Waals surface area contributed by atoms with Gasteiger partial charge in [-0.25, -0.2) is 0 Å². The summed E-state index contributed by atoms with van der Waals surface area (Å²) < 4.78 is 5.75. The van der Waals surface area contributed by atoms with E-state index in [0.717, 1.165) is 0 Å². The number of aliphatic hydroxyl groups is 2. The highest BCUT2D eigenvalue weighted by Crippen LogP contribution is 2.28. The van der Waals surface area contributed by atoms with Gasteiger partial charge in [-0.2, -0.15) is 0 Å². The summed E-state index contributed by atoms with van der Waals surface area (Å²) in [6, 6.07) is 0. The molecule has 1 heterocycles. The van der Waals surface area contributed by atoms with Crippen LogP contribution in [0.5, 0.6) is 0 Å². The summed E-state index contributed by atoms with van der Waals surface area (Å²) >= 11 is 1.30. The van der Waals surface area contributed by atoms with Gasteiger partial charge in [0.05, 0.1) is 6.10 Å². The fourth-order valence-electron chi connectivity index (χ4n) is 1.83. The van der Waals surface area contributed by atoms with E-state index >= 15 is 0 Å². The van der Waals surface area contributed by atoms with Crippen molar-refractivity contribution in [3.05, 3.63) is 0 Å². The highest BCUT2D eigenvalue weighted by molar-refractivity contribution is 8.14. The van der Waals surface area contributed by atoms with Crippen LogP contribution in [-0.4, -0.2) is 71.2 Å². The van der Waals surface area contributed by atoms with E-state index in [1.54, 1.807) is 0 Å². The van der Waals surface area contributed by atoms with Gasteiger partial charge in [0.2, 0.25) is 0 Å². The lowest BCUT2D eigenvalue weighted by Gasteiger charge is -2.37. The van der Waals surface area contributed by atoms with E-state index in [1.807, 2.05) is 25.9 Å². The SMILES string of the molecule is CCN=C(N)S[C@@H]1CC(O)[C@H](O)C(CN(C)C)O1. The van der Waals surface area contributed by atoms with E-state index in [4.69, 9.17) is 10.5 Å². The Morgan fingerprint density at radius 2 is 2.17 bits per heavy atom. The number of thioether (sulfide) groups is 1. The molecule has 18 heavy (non-hydrogen) atoms. The van der Waals surface area contributed by atoms with E-state index < -0.39 is 18.3 Å². The predicted octanol–water partition coefficient (Wildman–Crippen LogP) is -0.547. The standard InChI is InChI=1S/C11H23N3O3S/c1-4-13-11(12)18-9-5-7(15)10(16)8(17-9)6-14(2)3/h7-10,15-16H,4-6H2,1-3H3,(H2,12,13)/t7?,8?,9-,10+/m1/s1. The van der Waals surface area contributed by atoms with Crippen molar-refractivity contribution in [3.63, 3.8) is 0 Å². The lowest BCUT2D eigenvalue weighted by Crippen LogP contribution is -2.51. The third kappa shape index (κ3) is 4.74. The topological polar surface area (TPSA) is 91.3 Å². The number of aliphatic hydroxyl groups excluding tert-OH is 2. The van der Waals surface area contributed by atoms with Crippen molar-refractivity contribution in [1.29, 1.82) is 0 Å². The van der Waals surface area contributed by atoms with Gasteiger partial charge in [0.15, 0.2) is 5.17 Å². The zero-order valence-corrected chi connectivity index (χ0v) is 11.9. The van der Waals surface area contributed by atoms with Crippen molar-refractivity contribution in [2.45, 2.75) is 37.1 Å². The van der Waals surface area contributed by atoms with Crippen LogP contribution in [0.3, 0.4) is 0 Å². The molecule has 2 unspecified atom stereocenters. The number of hydrogen-bond acceptors (Lipinski definition) is 6. The monoisotopic (exact) mass is 277 g/mol. The molecule has 0 aromatic heterocycles. The average Bonchev–Trinajstić information content (AvgIpc) is 2.24. The number of aliphatic imine (C=N–C) groups is 1. The van der Waals surface area contributed by atoms with Gasteiger partial charge in [0, 0.05) is 19.5 Å². The molecule has 4 N–H and O–H groups in total. The van der Waals surface area contributed by atoms with Gasteiger partial charge in [0.25, 0.3) is 0 Å².